The molecule has 2 rings (SSSR count). The summed E-state index contributed by atoms with van der Waals surface area (Å²) in [4.78, 5) is 48.8. The summed E-state index contributed by atoms with van der Waals surface area (Å²) < 4.78 is 18.1. The second kappa shape index (κ2) is 8.55. The molecule has 1 heterocycles. The van der Waals surface area contributed by atoms with Crippen molar-refractivity contribution in [1.82, 2.24) is 10.2 Å². The van der Waals surface area contributed by atoms with Crippen molar-refractivity contribution in [2.45, 2.75) is 45.3 Å². The topological polar surface area (TPSA) is 105 Å². The SMILES string of the molecule is CC(OC(=O)CCCN1C(=O)NC(C)(C)C1=O)C(=O)Nc1ccc(F)cc1Cl. The number of ether oxygens (including phenoxy) is 1. The Hall–Kier alpha value is -2.68. The van der Waals surface area contributed by atoms with Crippen molar-refractivity contribution in [2.75, 3.05) is 11.9 Å². The van der Waals surface area contributed by atoms with Gasteiger partial charge in [-0.25, -0.2) is 9.18 Å². The fourth-order valence-corrected chi connectivity index (χ4v) is 2.75. The lowest BCUT2D eigenvalue weighted by Gasteiger charge is -2.16. The molecule has 0 bridgehead atoms. The number of anilines is 1. The molecule has 1 aliphatic rings. The van der Waals surface area contributed by atoms with Crippen molar-refractivity contribution in [3.8, 4) is 0 Å². The van der Waals surface area contributed by atoms with Crippen LogP contribution in [0, 0.1) is 5.82 Å². The van der Waals surface area contributed by atoms with Crippen LogP contribution in [0.1, 0.15) is 33.6 Å². The molecule has 1 unspecified atom stereocenters. The van der Waals surface area contributed by atoms with Gasteiger partial charge in [-0.15, -0.1) is 0 Å². The molecule has 28 heavy (non-hydrogen) atoms. The molecule has 1 aromatic rings. The van der Waals surface area contributed by atoms with Crippen LogP contribution in [-0.4, -0.2) is 46.9 Å². The molecule has 1 fully saturated rings. The lowest BCUT2D eigenvalue weighted by molar-refractivity contribution is -0.153. The van der Waals surface area contributed by atoms with Crippen LogP contribution in [0.5, 0.6) is 0 Å². The minimum atomic E-state index is -1.11. The number of carbonyl (C=O) groups is 4. The summed E-state index contributed by atoms with van der Waals surface area (Å²) in [7, 11) is 0. The minimum absolute atomic E-state index is 0.0170. The molecule has 0 spiro atoms. The summed E-state index contributed by atoms with van der Waals surface area (Å²) in [6.45, 7) is 4.63. The van der Waals surface area contributed by atoms with Gasteiger partial charge in [0.05, 0.1) is 10.7 Å². The highest BCUT2D eigenvalue weighted by atomic mass is 35.5. The quantitative estimate of drug-likeness (QED) is 0.527. The zero-order valence-electron chi connectivity index (χ0n) is 15.7. The maximum Gasteiger partial charge on any atom is 0.325 e. The Morgan fingerprint density at radius 2 is 2.04 bits per heavy atom. The number of imide groups is 1. The molecule has 10 heteroatoms. The van der Waals surface area contributed by atoms with Gasteiger partial charge >= 0.3 is 12.0 Å². The molecule has 1 atom stereocenters. The van der Waals surface area contributed by atoms with Crippen molar-refractivity contribution in [1.29, 1.82) is 0 Å². The third kappa shape index (κ3) is 5.19. The van der Waals surface area contributed by atoms with E-state index >= 15 is 0 Å². The van der Waals surface area contributed by atoms with Gasteiger partial charge in [-0.3, -0.25) is 19.3 Å². The summed E-state index contributed by atoms with van der Waals surface area (Å²) in [6.07, 6.45) is -0.984. The summed E-state index contributed by atoms with van der Waals surface area (Å²) in [5.41, 5.74) is -0.775. The average molecular weight is 414 g/mol. The smallest absolute Gasteiger partial charge is 0.325 e. The normalized spacial score (nSPS) is 16.5. The molecule has 1 aromatic carbocycles. The maximum atomic E-state index is 13.0. The molecular weight excluding hydrogens is 393 g/mol. The lowest BCUT2D eigenvalue weighted by atomic mass is 10.1. The molecule has 152 valence electrons. The largest absolute Gasteiger partial charge is 0.453 e. The number of nitrogens with zero attached hydrogens (tertiary/aromatic N) is 1. The number of hydrogen-bond donors (Lipinski definition) is 2. The van der Waals surface area contributed by atoms with E-state index in [1.54, 1.807) is 13.8 Å². The van der Waals surface area contributed by atoms with Gasteiger partial charge in [-0.05, 0) is 45.4 Å². The third-order valence-electron chi connectivity index (χ3n) is 4.07. The summed E-state index contributed by atoms with van der Waals surface area (Å²) in [6, 6.07) is 2.97. The highest BCUT2D eigenvalue weighted by Crippen LogP contribution is 2.22. The van der Waals surface area contributed by atoms with E-state index in [0.29, 0.717) is 0 Å². The number of hydrogen-bond acceptors (Lipinski definition) is 5. The molecule has 2 N–H and O–H groups in total. The van der Waals surface area contributed by atoms with Gasteiger partial charge in [0, 0.05) is 13.0 Å². The highest BCUT2D eigenvalue weighted by Gasteiger charge is 2.43. The van der Waals surface area contributed by atoms with Crippen LogP contribution < -0.4 is 10.6 Å². The zero-order chi connectivity index (χ0) is 21.1. The van der Waals surface area contributed by atoms with E-state index in [1.165, 1.54) is 13.0 Å². The molecule has 8 nitrogen and oxygen atoms in total. The lowest BCUT2D eigenvalue weighted by Crippen LogP contribution is -2.40. The van der Waals surface area contributed by atoms with Crippen molar-refractivity contribution in [3.63, 3.8) is 0 Å². The Bertz CT molecular complexity index is 814. The van der Waals surface area contributed by atoms with E-state index in [2.05, 4.69) is 10.6 Å². The first kappa shape index (κ1) is 21.6. The summed E-state index contributed by atoms with van der Waals surface area (Å²) in [5, 5.41) is 5.00. The van der Waals surface area contributed by atoms with Crippen LogP contribution in [0.2, 0.25) is 5.02 Å². The molecule has 0 aliphatic carbocycles. The van der Waals surface area contributed by atoms with E-state index in [0.717, 1.165) is 17.0 Å². The van der Waals surface area contributed by atoms with Gasteiger partial charge in [-0.2, -0.15) is 0 Å². The number of carbonyl (C=O) groups excluding carboxylic acids is 4. The Labute approximate surface area is 166 Å². The van der Waals surface area contributed by atoms with Gasteiger partial charge < -0.3 is 15.4 Å². The van der Waals surface area contributed by atoms with E-state index in [9.17, 15) is 23.6 Å². The van der Waals surface area contributed by atoms with Crippen molar-refractivity contribution in [2.24, 2.45) is 0 Å². The Balaban J connectivity index is 1.78. The predicted molar refractivity (Wildman–Crippen MR) is 99.2 cm³/mol. The number of esters is 1. The third-order valence-corrected chi connectivity index (χ3v) is 4.39. The van der Waals surface area contributed by atoms with Crippen LogP contribution in [0.3, 0.4) is 0 Å². The number of rotatable bonds is 7. The van der Waals surface area contributed by atoms with Gasteiger partial charge in [-0.1, -0.05) is 11.6 Å². The zero-order valence-corrected chi connectivity index (χ0v) is 16.4. The first-order valence-electron chi connectivity index (χ1n) is 8.61. The average Bonchev–Trinajstić information content (AvgIpc) is 2.78. The Morgan fingerprint density at radius 1 is 1.36 bits per heavy atom. The molecular formula is C18H21ClFN3O5. The number of benzene rings is 1. The van der Waals surface area contributed by atoms with Gasteiger partial charge in [0.25, 0.3) is 11.8 Å². The minimum Gasteiger partial charge on any atom is -0.453 e. The molecule has 4 amide bonds. The standard InChI is InChI=1S/C18H21ClFN3O5/c1-10(15(25)21-13-7-6-11(20)9-12(13)19)28-14(24)5-4-8-23-16(26)18(2,3)22-17(23)27/h6-7,9-10H,4-5,8H2,1-3H3,(H,21,25)(H,22,27). The maximum absolute atomic E-state index is 13.0. The van der Waals surface area contributed by atoms with E-state index in [4.69, 9.17) is 16.3 Å². The van der Waals surface area contributed by atoms with Crippen molar-refractivity contribution < 1.29 is 28.3 Å². The van der Waals surface area contributed by atoms with Gasteiger partial charge in [0.15, 0.2) is 6.10 Å². The monoisotopic (exact) mass is 413 g/mol. The fraction of sp³-hybridized carbons (Fsp3) is 0.444. The first-order valence-corrected chi connectivity index (χ1v) is 8.98. The second-order valence-corrected chi connectivity index (χ2v) is 7.27. The molecule has 0 radical (unpaired) electrons. The summed E-state index contributed by atoms with van der Waals surface area (Å²) >= 11 is 5.83. The highest BCUT2D eigenvalue weighted by molar-refractivity contribution is 6.33. The number of amides is 4. The van der Waals surface area contributed by atoms with Crippen LogP contribution in [0.4, 0.5) is 14.9 Å². The molecule has 1 aliphatic heterocycles. The first-order chi connectivity index (χ1) is 13.0. The van der Waals surface area contributed by atoms with E-state index in [1.807, 2.05) is 0 Å². The second-order valence-electron chi connectivity index (χ2n) is 6.86. The Morgan fingerprint density at radius 3 is 2.61 bits per heavy atom. The van der Waals surface area contributed by atoms with Crippen LogP contribution in [0.25, 0.3) is 0 Å². The molecule has 1 saturated heterocycles. The van der Waals surface area contributed by atoms with Crippen molar-refractivity contribution >= 4 is 41.1 Å². The van der Waals surface area contributed by atoms with E-state index in [-0.39, 0.29) is 36.0 Å². The van der Waals surface area contributed by atoms with Crippen LogP contribution >= 0.6 is 11.6 Å². The van der Waals surface area contributed by atoms with Crippen LogP contribution in [-0.2, 0) is 19.1 Å². The van der Waals surface area contributed by atoms with Gasteiger partial charge in [0.1, 0.15) is 11.4 Å². The van der Waals surface area contributed by atoms with Crippen molar-refractivity contribution in [3.05, 3.63) is 29.0 Å². The number of halogens is 2. The predicted octanol–water partition coefficient (Wildman–Crippen LogP) is 2.46. The summed E-state index contributed by atoms with van der Waals surface area (Å²) in [5.74, 6) is -2.19. The number of nitrogens with one attached hydrogen (secondary N) is 2. The van der Waals surface area contributed by atoms with Crippen LogP contribution in [0.15, 0.2) is 18.2 Å². The number of urea groups is 1. The fourth-order valence-electron chi connectivity index (χ4n) is 2.54. The molecule has 0 saturated carbocycles. The Kier molecular flexibility index (Phi) is 6.60. The molecule has 0 aromatic heterocycles. The van der Waals surface area contributed by atoms with E-state index < -0.39 is 35.4 Å². The van der Waals surface area contributed by atoms with Gasteiger partial charge in [0.2, 0.25) is 0 Å².